The molecule has 7 nitrogen and oxygen atoms in total. The predicted molar refractivity (Wildman–Crippen MR) is 84.8 cm³/mol. The first-order chi connectivity index (χ1) is 11.0. The van der Waals surface area contributed by atoms with Crippen molar-refractivity contribution in [2.75, 3.05) is 39.3 Å². The van der Waals surface area contributed by atoms with E-state index >= 15 is 0 Å². The molecule has 1 N–H and O–H groups in total. The molecular weight excluding hydrogens is 298 g/mol. The number of hydrogen-bond acceptors (Lipinski definition) is 4. The third-order valence-electron chi connectivity index (χ3n) is 4.50. The van der Waals surface area contributed by atoms with Gasteiger partial charge in [0.1, 0.15) is 5.41 Å². The number of hydrogen-bond donors (Lipinski definition) is 1. The highest BCUT2D eigenvalue weighted by Gasteiger charge is 2.58. The normalized spacial score (nSPS) is 19.2. The van der Waals surface area contributed by atoms with Gasteiger partial charge in [0.25, 0.3) is 0 Å². The molecule has 0 bridgehead atoms. The van der Waals surface area contributed by atoms with Gasteiger partial charge >= 0.3 is 6.09 Å². The highest BCUT2D eigenvalue weighted by atomic mass is 16.6. The topological polar surface area (TPSA) is 79.0 Å². The van der Waals surface area contributed by atoms with Crippen molar-refractivity contribution >= 4 is 17.9 Å². The molecular formula is C16H27N3O4. The Balaban J connectivity index is 1.84. The summed E-state index contributed by atoms with van der Waals surface area (Å²) in [5, 5.41) is 2.88. The van der Waals surface area contributed by atoms with Gasteiger partial charge in [-0.15, -0.1) is 0 Å². The molecule has 0 spiro atoms. The highest BCUT2D eigenvalue weighted by Crippen LogP contribution is 2.47. The molecule has 2 fully saturated rings. The minimum absolute atomic E-state index is 0.0880. The summed E-state index contributed by atoms with van der Waals surface area (Å²) in [7, 11) is 0. The molecule has 130 valence electrons. The average molecular weight is 325 g/mol. The minimum Gasteiger partial charge on any atom is -0.450 e. The maximum Gasteiger partial charge on any atom is 0.409 e. The molecule has 2 rings (SSSR count). The largest absolute Gasteiger partial charge is 0.450 e. The molecule has 1 aliphatic heterocycles. The van der Waals surface area contributed by atoms with Crippen molar-refractivity contribution in [3.63, 3.8) is 0 Å². The fraction of sp³-hybridized carbons (Fsp3) is 0.812. The first-order valence-electron chi connectivity index (χ1n) is 8.54. The van der Waals surface area contributed by atoms with Crippen LogP contribution in [0.1, 0.15) is 39.5 Å². The SMILES string of the molecule is CCCCNC(=O)C1(C(=O)N2CCN(C(=O)OCC)CC2)CC1. The Morgan fingerprint density at radius 1 is 1.04 bits per heavy atom. The van der Waals surface area contributed by atoms with Gasteiger partial charge in [-0.3, -0.25) is 9.59 Å². The number of amides is 3. The predicted octanol–water partition coefficient (Wildman–Crippen LogP) is 0.984. The number of rotatable bonds is 6. The van der Waals surface area contributed by atoms with Crippen LogP contribution in [0.25, 0.3) is 0 Å². The number of ether oxygens (including phenoxy) is 1. The summed E-state index contributed by atoms with van der Waals surface area (Å²) in [5.74, 6) is -0.223. The van der Waals surface area contributed by atoms with Crippen molar-refractivity contribution < 1.29 is 19.1 Å². The van der Waals surface area contributed by atoms with Crippen LogP contribution in [0.15, 0.2) is 0 Å². The van der Waals surface area contributed by atoms with E-state index < -0.39 is 5.41 Å². The summed E-state index contributed by atoms with van der Waals surface area (Å²) in [6.07, 6.45) is 2.85. The zero-order valence-corrected chi connectivity index (χ0v) is 14.1. The molecule has 0 aromatic heterocycles. The van der Waals surface area contributed by atoms with E-state index in [2.05, 4.69) is 12.2 Å². The van der Waals surface area contributed by atoms with Crippen LogP contribution in [0.5, 0.6) is 0 Å². The minimum atomic E-state index is -0.847. The second-order valence-electron chi connectivity index (χ2n) is 6.17. The summed E-state index contributed by atoms with van der Waals surface area (Å²) in [4.78, 5) is 40.0. The van der Waals surface area contributed by atoms with Gasteiger partial charge in [0, 0.05) is 32.7 Å². The lowest BCUT2D eigenvalue weighted by Gasteiger charge is -2.35. The standard InChI is InChI=1S/C16H27N3O4/c1-3-5-8-17-13(20)16(6-7-16)14(21)18-9-11-19(12-10-18)15(22)23-4-2/h3-12H2,1-2H3,(H,17,20). The second kappa shape index (κ2) is 7.66. The van der Waals surface area contributed by atoms with E-state index in [1.165, 1.54) is 0 Å². The second-order valence-corrected chi connectivity index (χ2v) is 6.17. The highest BCUT2D eigenvalue weighted by molar-refractivity contribution is 6.07. The lowest BCUT2D eigenvalue weighted by Crippen LogP contribution is -2.54. The monoisotopic (exact) mass is 325 g/mol. The molecule has 2 aliphatic rings. The first kappa shape index (κ1) is 17.6. The number of carbonyl (C=O) groups is 3. The molecule has 3 amide bonds. The van der Waals surface area contributed by atoms with E-state index in [1.54, 1.807) is 16.7 Å². The van der Waals surface area contributed by atoms with E-state index in [0.717, 1.165) is 12.8 Å². The van der Waals surface area contributed by atoms with Gasteiger partial charge in [0.2, 0.25) is 11.8 Å². The van der Waals surface area contributed by atoms with Crippen LogP contribution in [0.3, 0.4) is 0 Å². The molecule has 1 heterocycles. The Bertz CT molecular complexity index is 454. The molecule has 23 heavy (non-hydrogen) atoms. The Labute approximate surface area is 137 Å². The fourth-order valence-corrected chi connectivity index (χ4v) is 2.82. The van der Waals surface area contributed by atoms with E-state index in [9.17, 15) is 14.4 Å². The summed E-state index contributed by atoms with van der Waals surface area (Å²) >= 11 is 0. The van der Waals surface area contributed by atoms with Gasteiger partial charge in [-0.05, 0) is 26.2 Å². The Hall–Kier alpha value is -1.79. The molecule has 0 radical (unpaired) electrons. The molecule has 7 heteroatoms. The van der Waals surface area contributed by atoms with Crippen molar-refractivity contribution in [2.24, 2.45) is 5.41 Å². The van der Waals surface area contributed by atoms with E-state index in [4.69, 9.17) is 4.74 Å². The van der Waals surface area contributed by atoms with Gasteiger partial charge in [0.05, 0.1) is 6.61 Å². The summed E-state index contributed by atoms with van der Waals surface area (Å²) < 4.78 is 4.97. The third kappa shape index (κ3) is 3.95. The van der Waals surface area contributed by atoms with Gasteiger partial charge in [-0.25, -0.2) is 4.79 Å². The average Bonchev–Trinajstić information content (AvgIpc) is 3.36. The van der Waals surface area contributed by atoms with Gasteiger partial charge in [0.15, 0.2) is 0 Å². The van der Waals surface area contributed by atoms with Gasteiger partial charge in [-0.1, -0.05) is 13.3 Å². The van der Waals surface area contributed by atoms with Crippen LogP contribution in [0.4, 0.5) is 4.79 Å². The number of piperazine rings is 1. The van der Waals surface area contributed by atoms with Crippen LogP contribution in [0.2, 0.25) is 0 Å². The van der Waals surface area contributed by atoms with Crippen LogP contribution in [0, 0.1) is 5.41 Å². The zero-order chi connectivity index (χ0) is 16.9. The van der Waals surface area contributed by atoms with Crippen molar-refractivity contribution in [3.05, 3.63) is 0 Å². The Morgan fingerprint density at radius 2 is 1.65 bits per heavy atom. The maximum absolute atomic E-state index is 12.7. The number of carbonyl (C=O) groups excluding carboxylic acids is 3. The van der Waals surface area contributed by atoms with E-state index in [-0.39, 0.29) is 17.9 Å². The number of nitrogens with one attached hydrogen (secondary N) is 1. The summed E-state index contributed by atoms with van der Waals surface area (Å²) in [6, 6.07) is 0. The quantitative estimate of drug-likeness (QED) is 0.583. The van der Waals surface area contributed by atoms with Crippen molar-refractivity contribution in [3.8, 4) is 0 Å². The van der Waals surface area contributed by atoms with Gasteiger partial charge < -0.3 is 19.9 Å². The van der Waals surface area contributed by atoms with E-state index in [1.807, 2.05) is 0 Å². The molecule has 0 unspecified atom stereocenters. The Morgan fingerprint density at radius 3 is 2.17 bits per heavy atom. The molecule has 1 saturated heterocycles. The van der Waals surface area contributed by atoms with E-state index in [0.29, 0.717) is 52.2 Å². The molecule has 0 aromatic carbocycles. The van der Waals surface area contributed by atoms with Crippen LogP contribution >= 0.6 is 0 Å². The lowest BCUT2D eigenvalue weighted by atomic mass is 10.0. The Kier molecular flexibility index (Phi) is 5.85. The molecule has 1 aliphatic carbocycles. The van der Waals surface area contributed by atoms with Crippen molar-refractivity contribution in [2.45, 2.75) is 39.5 Å². The molecule has 0 atom stereocenters. The lowest BCUT2D eigenvalue weighted by molar-refractivity contribution is -0.145. The van der Waals surface area contributed by atoms with Crippen LogP contribution in [-0.4, -0.2) is 67.0 Å². The summed E-state index contributed by atoms with van der Waals surface area (Å²) in [6.45, 7) is 6.64. The number of nitrogens with zero attached hydrogens (tertiary/aromatic N) is 2. The summed E-state index contributed by atoms with van der Waals surface area (Å²) in [5.41, 5.74) is -0.847. The van der Waals surface area contributed by atoms with Crippen molar-refractivity contribution in [1.29, 1.82) is 0 Å². The molecule has 0 aromatic rings. The van der Waals surface area contributed by atoms with Gasteiger partial charge in [-0.2, -0.15) is 0 Å². The zero-order valence-electron chi connectivity index (χ0n) is 14.1. The first-order valence-corrected chi connectivity index (χ1v) is 8.54. The fourth-order valence-electron chi connectivity index (χ4n) is 2.82. The van der Waals surface area contributed by atoms with Crippen LogP contribution in [-0.2, 0) is 14.3 Å². The number of unbranched alkanes of at least 4 members (excludes halogenated alkanes) is 1. The van der Waals surface area contributed by atoms with Crippen LogP contribution < -0.4 is 5.32 Å². The smallest absolute Gasteiger partial charge is 0.409 e. The maximum atomic E-state index is 12.7. The third-order valence-corrected chi connectivity index (χ3v) is 4.50. The molecule has 1 saturated carbocycles. The van der Waals surface area contributed by atoms with Crippen molar-refractivity contribution in [1.82, 2.24) is 15.1 Å².